The lowest BCUT2D eigenvalue weighted by Crippen LogP contribution is -2.37. The second kappa shape index (κ2) is 6.96. The summed E-state index contributed by atoms with van der Waals surface area (Å²) in [4.78, 5) is 0. The molecule has 3 N–H and O–H groups in total. The maximum atomic E-state index is 13.8. The van der Waals surface area contributed by atoms with Crippen LogP contribution in [-0.2, 0) is 0 Å². The Hall–Kier alpha value is -1.00. The molecule has 1 atom stereocenters. The van der Waals surface area contributed by atoms with Crippen molar-refractivity contribution in [1.29, 1.82) is 0 Å². The van der Waals surface area contributed by atoms with Gasteiger partial charge < -0.3 is 11.1 Å². The van der Waals surface area contributed by atoms with Crippen LogP contribution in [0.4, 0.5) is 8.78 Å². The van der Waals surface area contributed by atoms with E-state index in [0.717, 1.165) is 18.9 Å². The van der Waals surface area contributed by atoms with Gasteiger partial charge in [0.05, 0.1) is 0 Å². The van der Waals surface area contributed by atoms with Crippen molar-refractivity contribution in [2.45, 2.75) is 50.6 Å². The normalized spacial score (nSPS) is 19.1. The molecule has 1 fully saturated rings. The van der Waals surface area contributed by atoms with Gasteiger partial charge in [-0.25, -0.2) is 8.78 Å². The van der Waals surface area contributed by atoms with E-state index in [2.05, 4.69) is 5.32 Å². The first kappa shape index (κ1) is 14.4. The van der Waals surface area contributed by atoms with Gasteiger partial charge in [0.15, 0.2) is 0 Å². The molecular weight excluding hydrogens is 246 g/mol. The van der Waals surface area contributed by atoms with Crippen molar-refractivity contribution in [2.24, 2.45) is 5.73 Å². The molecule has 0 radical (unpaired) electrons. The fraction of sp³-hybridized carbons (Fsp3) is 0.600. The zero-order valence-electron chi connectivity index (χ0n) is 11.2. The second-order valence-corrected chi connectivity index (χ2v) is 5.31. The molecule has 106 valence electrons. The molecular formula is C15H22F2N2. The molecule has 2 nitrogen and oxygen atoms in total. The molecule has 0 aromatic heterocycles. The zero-order valence-corrected chi connectivity index (χ0v) is 11.2. The minimum Gasteiger partial charge on any atom is -0.329 e. The van der Waals surface area contributed by atoms with Gasteiger partial charge in [-0.2, -0.15) is 0 Å². The Kier molecular flexibility index (Phi) is 5.28. The van der Waals surface area contributed by atoms with E-state index in [1.807, 2.05) is 0 Å². The lowest BCUT2D eigenvalue weighted by molar-refractivity contribution is 0.393. The van der Waals surface area contributed by atoms with Gasteiger partial charge in [-0.15, -0.1) is 0 Å². The molecule has 0 aliphatic heterocycles. The predicted octanol–water partition coefficient (Wildman–Crippen LogP) is 3.28. The molecule has 0 heterocycles. The summed E-state index contributed by atoms with van der Waals surface area (Å²) in [6.45, 7) is 0.275. The van der Waals surface area contributed by atoms with Crippen molar-refractivity contribution in [3.63, 3.8) is 0 Å². The minimum absolute atomic E-state index is 0.275. The first-order chi connectivity index (χ1) is 9.20. The summed E-state index contributed by atoms with van der Waals surface area (Å²) in [5, 5.41) is 3.40. The Balaban J connectivity index is 2.08. The number of nitrogens with two attached hydrogens (primary N) is 1. The highest BCUT2D eigenvalue weighted by Gasteiger charge is 2.20. The Morgan fingerprint density at radius 3 is 2.47 bits per heavy atom. The van der Waals surface area contributed by atoms with E-state index in [0.29, 0.717) is 11.6 Å². The van der Waals surface area contributed by atoms with Crippen LogP contribution in [0.25, 0.3) is 0 Å². The van der Waals surface area contributed by atoms with Gasteiger partial charge in [-0.1, -0.05) is 25.7 Å². The summed E-state index contributed by atoms with van der Waals surface area (Å²) in [7, 11) is 0. The van der Waals surface area contributed by atoms with E-state index in [1.54, 1.807) is 0 Å². The number of rotatable bonds is 4. The van der Waals surface area contributed by atoms with E-state index in [-0.39, 0.29) is 12.6 Å². The maximum Gasteiger partial charge on any atom is 0.128 e. The smallest absolute Gasteiger partial charge is 0.128 e. The molecule has 19 heavy (non-hydrogen) atoms. The highest BCUT2D eigenvalue weighted by atomic mass is 19.1. The Morgan fingerprint density at radius 1 is 1.16 bits per heavy atom. The van der Waals surface area contributed by atoms with Gasteiger partial charge in [0.25, 0.3) is 0 Å². The third-order valence-corrected chi connectivity index (χ3v) is 3.86. The van der Waals surface area contributed by atoms with Gasteiger partial charge in [0.2, 0.25) is 0 Å². The first-order valence-electron chi connectivity index (χ1n) is 7.12. The van der Waals surface area contributed by atoms with Gasteiger partial charge in [0.1, 0.15) is 11.6 Å². The number of hydrogen-bond donors (Lipinski definition) is 2. The monoisotopic (exact) mass is 268 g/mol. The van der Waals surface area contributed by atoms with Crippen LogP contribution in [0, 0.1) is 11.6 Å². The Labute approximate surface area is 113 Å². The van der Waals surface area contributed by atoms with Gasteiger partial charge >= 0.3 is 0 Å². The lowest BCUT2D eigenvalue weighted by atomic mass is 10.0. The number of halogens is 2. The first-order valence-corrected chi connectivity index (χ1v) is 7.12. The maximum absolute atomic E-state index is 13.8. The Bertz CT molecular complexity index is 401. The number of benzene rings is 1. The minimum atomic E-state index is -0.419. The average molecular weight is 268 g/mol. The molecule has 2 rings (SSSR count). The molecule has 1 aromatic rings. The number of nitrogens with one attached hydrogen (secondary N) is 1. The second-order valence-electron chi connectivity index (χ2n) is 5.31. The highest BCUT2D eigenvalue weighted by Crippen LogP contribution is 2.22. The van der Waals surface area contributed by atoms with Crippen molar-refractivity contribution in [1.82, 2.24) is 5.32 Å². The van der Waals surface area contributed by atoms with Gasteiger partial charge in [0, 0.05) is 24.2 Å². The third-order valence-electron chi connectivity index (χ3n) is 3.86. The molecule has 1 aliphatic carbocycles. The third kappa shape index (κ3) is 3.98. The molecule has 1 saturated carbocycles. The van der Waals surface area contributed by atoms with E-state index in [1.165, 1.54) is 37.8 Å². The standard InChI is InChI=1S/C15H22F2N2/c16-11-7-8-14(17)13(9-11)15(10-18)19-12-5-3-1-2-4-6-12/h7-9,12,15,19H,1-6,10,18H2. The fourth-order valence-electron chi connectivity index (χ4n) is 2.80. The number of hydrogen-bond acceptors (Lipinski definition) is 2. The summed E-state index contributed by atoms with van der Waals surface area (Å²) >= 11 is 0. The van der Waals surface area contributed by atoms with E-state index in [4.69, 9.17) is 5.73 Å². The predicted molar refractivity (Wildman–Crippen MR) is 72.8 cm³/mol. The van der Waals surface area contributed by atoms with E-state index in [9.17, 15) is 8.78 Å². The van der Waals surface area contributed by atoms with Crippen molar-refractivity contribution >= 4 is 0 Å². The van der Waals surface area contributed by atoms with Crippen LogP contribution in [0.5, 0.6) is 0 Å². The molecule has 0 spiro atoms. The summed E-state index contributed by atoms with van der Waals surface area (Å²) in [6, 6.07) is 3.61. The molecule has 4 heteroatoms. The van der Waals surface area contributed by atoms with E-state index < -0.39 is 11.6 Å². The summed E-state index contributed by atoms with van der Waals surface area (Å²) in [5.41, 5.74) is 6.07. The van der Waals surface area contributed by atoms with Gasteiger partial charge in [-0.3, -0.25) is 0 Å². The molecule has 1 unspecified atom stereocenters. The van der Waals surface area contributed by atoms with Crippen molar-refractivity contribution in [3.05, 3.63) is 35.4 Å². The summed E-state index contributed by atoms with van der Waals surface area (Å²) < 4.78 is 27.0. The van der Waals surface area contributed by atoms with Crippen LogP contribution in [0.15, 0.2) is 18.2 Å². The van der Waals surface area contributed by atoms with Crippen LogP contribution in [0.3, 0.4) is 0 Å². The fourth-order valence-corrected chi connectivity index (χ4v) is 2.80. The van der Waals surface area contributed by atoms with Crippen LogP contribution < -0.4 is 11.1 Å². The van der Waals surface area contributed by atoms with Crippen molar-refractivity contribution in [2.75, 3.05) is 6.54 Å². The van der Waals surface area contributed by atoms with Crippen molar-refractivity contribution < 1.29 is 8.78 Å². The highest BCUT2D eigenvalue weighted by molar-refractivity contribution is 5.22. The largest absolute Gasteiger partial charge is 0.329 e. The van der Waals surface area contributed by atoms with Crippen molar-refractivity contribution in [3.8, 4) is 0 Å². The van der Waals surface area contributed by atoms with Crippen LogP contribution in [-0.4, -0.2) is 12.6 Å². The molecule has 0 saturated heterocycles. The summed E-state index contributed by atoms with van der Waals surface area (Å²) in [5.74, 6) is -0.810. The van der Waals surface area contributed by atoms with Crippen LogP contribution >= 0.6 is 0 Å². The van der Waals surface area contributed by atoms with E-state index >= 15 is 0 Å². The quantitative estimate of drug-likeness (QED) is 0.822. The molecule has 1 aromatic carbocycles. The lowest BCUT2D eigenvalue weighted by Gasteiger charge is -2.24. The topological polar surface area (TPSA) is 38.0 Å². The van der Waals surface area contributed by atoms with Gasteiger partial charge in [-0.05, 0) is 31.0 Å². The van der Waals surface area contributed by atoms with Crippen LogP contribution in [0.2, 0.25) is 0 Å². The SMILES string of the molecule is NCC(NC1CCCCCC1)c1cc(F)ccc1F. The molecule has 0 amide bonds. The van der Waals surface area contributed by atoms with Crippen LogP contribution in [0.1, 0.15) is 50.1 Å². The Morgan fingerprint density at radius 2 is 1.84 bits per heavy atom. The molecule has 0 bridgehead atoms. The average Bonchev–Trinajstić information content (AvgIpc) is 2.67. The molecule has 1 aliphatic rings. The summed E-state index contributed by atoms with van der Waals surface area (Å²) in [6.07, 6.45) is 7.10. The zero-order chi connectivity index (χ0) is 13.7.